The number of amides is 1. The van der Waals surface area contributed by atoms with Gasteiger partial charge >= 0.3 is 5.97 Å². The van der Waals surface area contributed by atoms with Crippen molar-refractivity contribution in [2.45, 2.75) is 25.7 Å². The number of nitrogens with zero attached hydrogens (tertiary/aromatic N) is 5. The van der Waals surface area contributed by atoms with Gasteiger partial charge in [-0.3, -0.25) is 14.9 Å². The van der Waals surface area contributed by atoms with Crippen molar-refractivity contribution in [1.82, 2.24) is 4.90 Å². The first-order valence-corrected chi connectivity index (χ1v) is 9.20. The molecule has 29 heavy (non-hydrogen) atoms. The summed E-state index contributed by atoms with van der Waals surface area (Å²) in [6.07, 6.45) is 2.10. The number of carbonyl (C=O) groups excluding carboxylic acids is 2. The van der Waals surface area contributed by atoms with Crippen molar-refractivity contribution >= 4 is 23.3 Å². The topological polar surface area (TPSA) is 141 Å². The van der Waals surface area contributed by atoms with Crippen molar-refractivity contribution in [3.05, 3.63) is 33.9 Å². The van der Waals surface area contributed by atoms with Crippen molar-refractivity contribution in [1.29, 1.82) is 10.5 Å². The zero-order chi connectivity index (χ0) is 21.2. The Bertz CT molecular complexity index is 834. The molecule has 0 radical (unpaired) electrons. The summed E-state index contributed by atoms with van der Waals surface area (Å²) in [5.41, 5.74) is 0.254. The summed E-state index contributed by atoms with van der Waals surface area (Å²) < 4.78 is 5.00. The lowest BCUT2D eigenvalue weighted by Crippen LogP contribution is -2.36. The van der Waals surface area contributed by atoms with Crippen LogP contribution in [0.3, 0.4) is 0 Å². The SMILES string of the molecule is N#CCCN(CCC#N)C(=O)COC(=O)c1ccc(N2CCCC2)c([N+](=O)[O-])c1. The van der Waals surface area contributed by atoms with Gasteiger partial charge in [0.05, 0.1) is 35.5 Å². The van der Waals surface area contributed by atoms with Gasteiger partial charge in [-0.25, -0.2) is 4.79 Å². The predicted octanol–water partition coefficient (Wildman–Crippen LogP) is 2.01. The third-order valence-electron chi connectivity index (χ3n) is 4.52. The van der Waals surface area contributed by atoms with Crippen LogP contribution in [0.4, 0.5) is 11.4 Å². The maximum atomic E-state index is 12.3. The van der Waals surface area contributed by atoms with Crippen LogP contribution in [-0.4, -0.2) is 54.5 Å². The predicted molar refractivity (Wildman–Crippen MR) is 102 cm³/mol. The van der Waals surface area contributed by atoms with Gasteiger partial charge in [0.15, 0.2) is 6.61 Å². The van der Waals surface area contributed by atoms with Crippen molar-refractivity contribution in [3.8, 4) is 12.1 Å². The molecule has 1 aliphatic heterocycles. The Labute approximate surface area is 168 Å². The average molecular weight is 399 g/mol. The summed E-state index contributed by atoms with van der Waals surface area (Å²) in [4.78, 5) is 38.5. The Kier molecular flexibility index (Phi) is 7.92. The number of ether oxygens (including phenoxy) is 1. The third-order valence-corrected chi connectivity index (χ3v) is 4.52. The normalized spacial score (nSPS) is 12.7. The number of nitro benzene ring substituents is 1. The summed E-state index contributed by atoms with van der Waals surface area (Å²) in [6, 6.07) is 7.95. The van der Waals surface area contributed by atoms with Crippen molar-refractivity contribution in [2.24, 2.45) is 0 Å². The highest BCUT2D eigenvalue weighted by Gasteiger charge is 2.24. The largest absolute Gasteiger partial charge is 0.452 e. The highest BCUT2D eigenvalue weighted by Crippen LogP contribution is 2.31. The van der Waals surface area contributed by atoms with Crippen LogP contribution in [0.15, 0.2) is 18.2 Å². The third kappa shape index (κ3) is 5.91. The van der Waals surface area contributed by atoms with Crippen molar-refractivity contribution in [3.63, 3.8) is 0 Å². The molecule has 1 aliphatic rings. The molecule has 10 heteroatoms. The number of anilines is 1. The van der Waals surface area contributed by atoms with E-state index in [-0.39, 0.29) is 37.2 Å². The van der Waals surface area contributed by atoms with E-state index in [0.29, 0.717) is 5.69 Å². The van der Waals surface area contributed by atoms with Gasteiger partial charge in [-0.05, 0) is 25.0 Å². The Balaban J connectivity index is 2.05. The Morgan fingerprint density at radius 3 is 2.34 bits per heavy atom. The zero-order valence-corrected chi connectivity index (χ0v) is 15.9. The lowest BCUT2D eigenvalue weighted by atomic mass is 10.1. The van der Waals surface area contributed by atoms with E-state index in [9.17, 15) is 19.7 Å². The second-order valence-corrected chi connectivity index (χ2v) is 6.43. The van der Waals surface area contributed by atoms with Gasteiger partial charge in [0, 0.05) is 32.2 Å². The summed E-state index contributed by atoms with van der Waals surface area (Å²) >= 11 is 0. The number of benzene rings is 1. The molecule has 0 saturated carbocycles. The van der Waals surface area contributed by atoms with Gasteiger partial charge in [0.1, 0.15) is 5.69 Å². The molecular weight excluding hydrogens is 378 g/mol. The Morgan fingerprint density at radius 1 is 1.17 bits per heavy atom. The molecule has 0 N–H and O–H groups in total. The molecule has 1 amide bonds. The number of carbonyl (C=O) groups is 2. The molecule has 1 saturated heterocycles. The fourth-order valence-corrected chi connectivity index (χ4v) is 3.06. The molecule has 0 aliphatic carbocycles. The monoisotopic (exact) mass is 399 g/mol. The second kappa shape index (κ2) is 10.6. The molecular formula is C19H21N5O5. The molecule has 10 nitrogen and oxygen atoms in total. The van der Waals surface area contributed by atoms with Crippen molar-refractivity contribution < 1.29 is 19.2 Å². The van der Waals surface area contributed by atoms with E-state index in [2.05, 4.69) is 0 Å². The van der Waals surface area contributed by atoms with Gasteiger partial charge in [0.2, 0.25) is 0 Å². The number of esters is 1. The Morgan fingerprint density at radius 2 is 1.79 bits per heavy atom. The van der Waals surface area contributed by atoms with Gasteiger partial charge in [-0.2, -0.15) is 10.5 Å². The standard InChI is InChI=1S/C19H21N5O5/c20-7-3-11-23(12-4-8-21)18(25)14-29-19(26)15-5-6-16(17(13-15)24(27)28)22-9-1-2-10-22/h5-6,13H,1-4,9-12,14H2. The number of nitro groups is 1. The summed E-state index contributed by atoms with van der Waals surface area (Å²) in [5.74, 6) is -1.39. The molecule has 0 atom stereocenters. The van der Waals surface area contributed by atoms with Crippen LogP contribution in [-0.2, 0) is 9.53 Å². The second-order valence-electron chi connectivity index (χ2n) is 6.43. The molecule has 0 bridgehead atoms. The molecule has 2 rings (SSSR count). The summed E-state index contributed by atoms with van der Waals surface area (Å²) in [5, 5.41) is 28.8. The molecule has 152 valence electrons. The number of nitriles is 2. The van der Waals surface area contributed by atoms with Crippen LogP contribution in [0.25, 0.3) is 0 Å². The zero-order valence-electron chi connectivity index (χ0n) is 15.9. The highest BCUT2D eigenvalue weighted by atomic mass is 16.6. The lowest BCUT2D eigenvalue weighted by molar-refractivity contribution is -0.384. The smallest absolute Gasteiger partial charge is 0.338 e. The lowest BCUT2D eigenvalue weighted by Gasteiger charge is -2.20. The molecule has 1 fully saturated rings. The van der Waals surface area contributed by atoms with E-state index in [1.54, 1.807) is 0 Å². The number of hydrogen-bond donors (Lipinski definition) is 0. The minimum Gasteiger partial charge on any atom is -0.452 e. The quantitative estimate of drug-likeness (QED) is 0.349. The minimum atomic E-state index is -0.852. The first-order valence-electron chi connectivity index (χ1n) is 9.20. The van der Waals surface area contributed by atoms with E-state index in [0.717, 1.165) is 32.0 Å². The van der Waals surface area contributed by atoms with E-state index >= 15 is 0 Å². The minimum absolute atomic E-state index is 0.0203. The van der Waals surface area contributed by atoms with Crippen LogP contribution in [0.5, 0.6) is 0 Å². The van der Waals surface area contributed by atoms with Crippen LogP contribution in [0.1, 0.15) is 36.0 Å². The maximum Gasteiger partial charge on any atom is 0.338 e. The first-order chi connectivity index (χ1) is 14.0. The average Bonchev–Trinajstić information content (AvgIpc) is 3.26. The molecule has 0 aromatic heterocycles. The number of rotatable bonds is 9. The molecule has 1 aromatic rings. The maximum absolute atomic E-state index is 12.3. The van der Waals surface area contributed by atoms with Gasteiger partial charge in [-0.15, -0.1) is 0 Å². The molecule has 0 spiro atoms. The van der Waals surface area contributed by atoms with E-state index in [1.807, 2.05) is 17.0 Å². The summed E-state index contributed by atoms with van der Waals surface area (Å²) in [7, 11) is 0. The van der Waals surface area contributed by atoms with Crippen LogP contribution < -0.4 is 4.90 Å². The van der Waals surface area contributed by atoms with Crippen LogP contribution in [0, 0.1) is 32.8 Å². The first kappa shape index (κ1) is 21.6. The van der Waals surface area contributed by atoms with E-state index in [1.165, 1.54) is 17.0 Å². The molecule has 1 heterocycles. The van der Waals surface area contributed by atoms with Crippen molar-refractivity contribution in [2.75, 3.05) is 37.7 Å². The van der Waals surface area contributed by atoms with Gasteiger partial charge in [-0.1, -0.05) is 0 Å². The van der Waals surface area contributed by atoms with Crippen LogP contribution >= 0.6 is 0 Å². The van der Waals surface area contributed by atoms with E-state index in [4.69, 9.17) is 15.3 Å². The fourth-order valence-electron chi connectivity index (χ4n) is 3.06. The fraction of sp³-hybridized carbons (Fsp3) is 0.474. The van der Waals surface area contributed by atoms with Crippen LogP contribution in [0.2, 0.25) is 0 Å². The Hall–Kier alpha value is -3.66. The number of hydrogen-bond acceptors (Lipinski definition) is 8. The van der Waals surface area contributed by atoms with E-state index < -0.39 is 23.4 Å². The molecule has 0 unspecified atom stereocenters. The molecule has 1 aromatic carbocycles. The van der Waals surface area contributed by atoms with Gasteiger partial charge < -0.3 is 14.5 Å². The van der Waals surface area contributed by atoms with Gasteiger partial charge in [0.25, 0.3) is 11.6 Å². The highest BCUT2D eigenvalue weighted by molar-refractivity contribution is 5.93. The summed E-state index contributed by atoms with van der Waals surface area (Å²) in [6.45, 7) is 1.13.